The SMILES string of the molecule is CC.COCC1OCC2(c3cc([N+](=O)[O-])ccc3F)N=C(N)SCC12. The third kappa shape index (κ3) is 3.63. The minimum Gasteiger partial charge on any atom is -0.382 e. The van der Waals surface area contributed by atoms with Gasteiger partial charge >= 0.3 is 0 Å². The Morgan fingerprint density at radius 2 is 2.28 bits per heavy atom. The fraction of sp³-hybridized carbons (Fsp3) is 0.562. The number of ether oxygens (including phenoxy) is 2. The van der Waals surface area contributed by atoms with Crippen LogP contribution in [0.15, 0.2) is 23.2 Å². The lowest BCUT2D eigenvalue weighted by molar-refractivity contribution is -0.385. The summed E-state index contributed by atoms with van der Waals surface area (Å²) in [7, 11) is 1.56. The monoisotopic (exact) mass is 371 g/mol. The highest BCUT2D eigenvalue weighted by Gasteiger charge is 2.54. The van der Waals surface area contributed by atoms with Crippen LogP contribution in [-0.4, -0.2) is 42.3 Å². The van der Waals surface area contributed by atoms with Gasteiger partial charge in [0.1, 0.15) is 11.4 Å². The highest BCUT2D eigenvalue weighted by Crippen LogP contribution is 2.48. The Hall–Kier alpha value is -1.71. The van der Waals surface area contributed by atoms with Crippen LogP contribution in [0.1, 0.15) is 19.4 Å². The maximum Gasteiger partial charge on any atom is 0.270 e. The van der Waals surface area contributed by atoms with E-state index in [1.807, 2.05) is 13.8 Å². The summed E-state index contributed by atoms with van der Waals surface area (Å²) in [5.74, 6) is -0.132. The fourth-order valence-corrected chi connectivity index (χ4v) is 4.22. The van der Waals surface area contributed by atoms with Gasteiger partial charge in [-0.15, -0.1) is 0 Å². The maximum atomic E-state index is 14.5. The van der Waals surface area contributed by atoms with Gasteiger partial charge in [-0.25, -0.2) is 9.38 Å². The van der Waals surface area contributed by atoms with Gasteiger partial charge in [-0.3, -0.25) is 10.1 Å². The van der Waals surface area contributed by atoms with E-state index in [0.29, 0.717) is 17.5 Å². The van der Waals surface area contributed by atoms with Gasteiger partial charge in [-0.1, -0.05) is 25.6 Å². The minimum atomic E-state index is -1.05. The first-order valence-corrected chi connectivity index (χ1v) is 8.99. The van der Waals surface area contributed by atoms with Gasteiger partial charge in [0.25, 0.3) is 5.69 Å². The summed E-state index contributed by atoms with van der Waals surface area (Å²) in [5, 5.41) is 11.4. The number of methoxy groups -OCH3 is 1. The van der Waals surface area contributed by atoms with Crippen molar-refractivity contribution in [1.29, 1.82) is 0 Å². The third-order valence-electron chi connectivity index (χ3n) is 4.26. The van der Waals surface area contributed by atoms with E-state index in [0.717, 1.165) is 12.1 Å². The Morgan fingerprint density at radius 1 is 1.56 bits per heavy atom. The second-order valence-corrected chi connectivity index (χ2v) is 6.56. The van der Waals surface area contributed by atoms with Gasteiger partial charge in [-0.05, 0) is 6.07 Å². The van der Waals surface area contributed by atoms with Gasteiger partial charge in [0.15, 0.2) is 5.17 Å². The normalized spacial score (nSPS) is 27.8. The van der Waals surface area contributed by atoms with E-state index < -0.39 is 16.3 Å². The lowest BCUT2D eigenvalue weighted by Gasteiger charge is -2.35. The average molecular weight is 371 g/mol. The number of non-ortho nitro benzene ring substituents is 1. The molecule has 0 aromatic heterocycles. The van der Waals surface area contributed by atoms with Crippen molar-refractivity contribution in [2.45, 2.75) is 25.5 Å². The van der Waals surface area contributed by atoms with Crippen LogP contribution in [0.3, 0.4) is 0 Å². The number of nitro groups is 1. The molecule has 138 valence electrons. The van der Waals surface area contributed by atoms with E-state index >= 15 is 0 Å². The number of hydrogen-bond donors (Lipinski definition) is 1. The second kappa shape index (κ2) is 8.11. The van der Waals surface area contributed by atoms with Crippen molar-refractivity contribution < 1.29 is 18.8 Å². The Balaban J connectivity index is 0.00000109. The first kappa shape index (κ1) is 19.6. The van der Waals surface area contributed by atoms with Crippen molar-refractivity contribution in [3.63, 3.8) is 0 Å². The molecular formula is C16H22FN3O4S. The van der Waals surface area contributed by atoms with E-state index in [2.05, 4.69) is 4.99 Å². The first-order chi connectivity index (χ1) is 12.0. The molecule has 1 fully saturated rings. The number of nitrogens with zero attached hydrogens (tertiary/aromatic N) is 2. The molecule has 3 unspecified atom stereocenters. The Labute approximate surface area is 149 Å². The van der Waals surface area contributed by atoms with Crippen LogP contribution < -0.4 is 5.73 Å². The summed E-state index contributed by atoms with van der Waals surface area (Å²) in [6.07, 6.45) is -0.261. The zero-order valence-electron chi connectivity index (χ0n) is 14.4. The quantitative estimate of drug-likeness (QED) is 0.645. The number of aliphatic imine (C=N–C) groups is 1. The molecule has 25 heavy (non-hydrogen) atoms. The van der Waals surface area contributed by atoms with Crippen molar-refractivity contribution >= 4 is 22.6 Å². The Kier molecular flexibility index (Phi) is 6.36. The summed E-state index contributed by atoms with van der Waals surface area (Å²) >= 11 is 1.37. The molecule has 0 saturated carbocycles. The number of benzene rings is 1. The van der Waals surface area contributed by atoms with Gasteiger partial charge in [-0.2, -0.15) is 0 Å². The van der Waals surface area contributed by atoms with E-state index in [4.69, 9.17) is 15.2 Å². The van der Waals surface area contributed by atoms with Crippen LogP contribution in [0.25, 0.3) is 0 Å². The maximum absolute atomic E-state index is 14.5. The van der Waals surface area contributed by atoms with E-state index in [-0.39, 0.29) is 29.9 Å². The molecule has 1 aromatic rings. The summed E-state index contributed by atoms with van der Waals surface area (Å²) in [5.41, 5.74) is 4.77. The van der Waals surface area contributed by atoms with Crippen molar-refractivity contribution in [3.05, 3.63) is 39.7 Å². The zero-order valence-corrected chi connectivity index (χ0v) is 15.2. The van der Waals surface area contributed by atoms with Crippen molar-refractivity contribution in [2.75, 3.05) is 26.1 Å². The number of amidine groups is 1. The zero-order chi connectivity index (χ0) is 18.6. The van der Waals surface area contributed by atoms with Crippen LogP contribution in [-0.2, 0) is 15.0 Å². The molecule has 1 saturated heterocycles. The molecule has 0 bridgehead atoms. The summed E-state index contributed by atoms with van der Waals surface area (Å²) in [4.78, 5) is 14.9. The lowest BCUT2D eigenvalue weighted by atomic mass is 9.78. The number of halogens is 1. The van der Waals surface area contributed by atoms with E-state index in [1.54, 1.807) is 7.11 Å². The number of nitro benzene ring substituents is 1. The predicted molar refractivity (Wildman–Crippen MR) is 95.3 cm³/mol. The number of nitrogens with two attached hydrogens (primary N) is 1. The standard InChI is InChI=1S/C14H16FN3O4S.C2H6/c1-21-5-12-10-6-23-13(16)17-14(10,7-22-12)9-4-8(18(19)20)2-3-11(9)15;1-2/h2-4,10,12H,5-7H2,1H3,(H2,16,17);1-2H3. The van der Waals surface area contributed by atoms with E-state index in [9.17, 15) is 14.5 Å². The molecule has 2 aliphatic heterocycles. The topological polar surface area (TPSA) is 100.0 Å². The van der Waals surface area contributed by atoms with Crippen molar-refractivity contribution in [3.8, 4) is 0 Å². The third-order valence-corrected chi connectivity index (χ3v) is 5.17. The lowest BCUT2D eigenvalue weighted by Crippen LogP contribution is -2.43. The molecular weight excluding hydrogens is 349 g/mol. The Morgan fingerprint density at radius 3 is 2.92 bits per heavy atom. The minimum absolute atomic E-state index is 0.116. The molecule has 0 aliphatic carbocycles. The first-order valence-electron chi connectivity index (χ1n) is 8.01. The molecule has 2 N–H and O–H groups in total. The average Bonchev–Trinajstić information content (AvgIpc) is 2.96. The van der Waals surface area contributed by atoms with Gasteiger partial charge < -0.3 is 15.2 Å². The molecule has 0 amide bonds. The highest BCUT2D eigenvalue weighted by atomic mass is 32.2. The van der Waals surface area contributed by atoms with Crippen molar-refractivity contribution in [2.24, 2.45) is 16.6 Å². The molecule has 1 aromatic carbocycles. The van der Waals surface area contributed by atoms with Gasteiger partial charge in [0.2, 0.25) is 0 Å². The molecule has 3 atom stereocenters. The van der Waals surface area contributed by atoms with Crippen LogP contribution in [0, 0.1) is 21.8 Å². The highest BCUT2D eigenvalue weighted by molar-refractivity contribution is 8.13. The predicted octanol–water partition coefficient (Wildman–Crippen LogP) is 2.68. The van der Waals surface area contributed by atoms with E-state index in [1.165, 1.54) is 17.8 Å². The van der Waals surface area contributed by atoms with Crippen molar-refractivity contribution in [1.82, 2.24) is 0 Å². The molecule has 0 spiro atoms. The molecule has 7 nitrogen and oxygen atoms in total. The van der Waals surface area contributed by atoms with Crippen LogP contribution in [0.2, 0.25) is 0 Å². The number of thioether (sulfide) groups is 1. The molecule has 3 rings (SSSR count). The second-order valence-electron chi connectivity index (χ2n) is 5.52. The molecule has 9 heteroatoms. The molecule has 2 aliphatic rings. The smallest absolute Gasteiger partial charge is 0.270 e. The summed E-state index contributed by atoms with van der Waals surface area (Å²) < 4.78 is 25.4. The van der Waals surface area contributed by atoms with Gasteiger partial charge in [0.05, 0.1) is 24.2 Å². The van der Waals surface area contributed by atoms with Crippen LogP contribution in [0.5, 0.6) is 0 Å². The molecule has 2 heterocycles. The summed E-state index contributed by atoms with van der Waals surface area (Å²) in [6, 6.07) is 3.46. The summed E-state index contributed by atoms with van der Waals surface area (Å²) in [6.45, 7) is 4.46. The van der Waals surface area contributed by atoms with Gasteiger partial charge in [0, 0.05) is 36.5 Å². The number of fused-ring (bicyclic) bond motifs is 1. The number of hydrogen-bond acceptors (Lipinski definition) is 7. The number of rotatable bonds is 4. The van der Waals surface area contributed by atoms with Crippen LogP contribution >= 0.6 is 11.8 Å². The fourth-order valence-electron chi connectivity index (χ4n) is 3.15. The van der Waals surface area contributed by atoms with Crippen LogP contribution in [0.4, 0.5) is 10.1 Å². The largest absolute Gasteiger partial charge is 0.382 e. The molecule has 0 radical (unpaired) electrons. The Bertz CT molecular complexity index is 673.